The number of nitrogens with zero attached hydrogens (tertiary/aromatic N) is 1. The summed E-state index contributed by atoms with van der Waals surface area (Å²) in [5.41, 5.74) is 1.81. The van der Waals surface area contributed by atoms with Crippen LogP contribution in [0.3, 0.4) is 0 Å². The molecule has 5 nitrogen and oxygen atoms in total. The highest BCUT2D eigenvalue weighted by atomic mass is 35.5. The zero-order valence-corrected chi connectivity index (χ0v) is 16.6. The molecular weight excluding hydrogens is 381 g/mol. The van der Waals surface area contributed by atoms with Crippen molar-refractivity contribution in [2.45, 2.75) is 32.3 Å². The average Bonchev–Trinajstić information content (AvgIpc) is 2.67. The van der Waals surface area contributed by atoms with Crippen LogP contribution in [-0.4, -0.2) is 47.0 Å². The van der Waals surface area contributed by atoms with Crippen LogP contribution in [0.15, 0.2) is 48.5 Å². The molecule has 1 amide bonds. The van der Waals surface area contributed by atoms with E-state index in [4.69, 9.17) is 11.6 Å². The molecule has 0 aliphatic heterocycles. The minimum atomic E-state index is -1.70. The average molecular weight is 407 g/mol. The van der Waals surface area contributed by atoms with Gasteiger partial charge in [-0.1, -0.05) is 42.8 Å². The highest BCUT2D eigenvalue weighted by molar-refractivity contribution is 6.43. The summed E-state index contributed by atoms with van der Waals surface area (Å²) in [4.78, 5) is 14.4. The normalized spacial score (nSPS) is 12.1. The summed E-state index contributed by atoms with van der Waals surface area (Å²) >= 11 is 5.90. The smallest absolute Gasteiger partial charge is 0.426 e. The first-order valence-electron chi connectivity index (χ1n) is 9.24. The molecule has 0 unspecified atom stereocenters. The van der Waals surface area contributed by atoms with E-state index >= 15 is 0 Å². The summed E-state index contributed by atoms with van der Waals surface area (Å²) in [6, 6.07) is 13.3. The van der Waals surface area contributed by atoms with Gasteiger partial charge in [-0.2, -0.15) is 0 Å². The first-order valence-corrected chi connectivity index (χ1v) is 9.62. The Labute approximate surface area is 170 Å². The van der Waals surface area contributed by atoms with Crippen molar-refractivity contribution in [2.24, 2.45) is 0 Å². The molecule has 0 bridgehead atoms. The van der Waals surface area contributed by atoms with Crippen LogP contribution in [0.25, 0.3) is 0 Å². The van der Waals surface area contributed by atoms with E-state index in [1.54, 1.807) is 12.1 Å². The fourth-order valence-corrected chi connectivity index (χ4v) is 2.97. The van der Waals surface area contributed by atoms with Crippen molar-refractivity contribution < 1.29 is 19.2 Å². The van der Waals surface area contributed by atoms with Crippen LogP contribution in [0, 0.1) is 5.82 Å². The number of amides is 1. The van der Waals surface area contributed by atoms with Crippen LogP contribution >= 0.6 is 11.6 Å². The molecule has 0 heterocycles. The minimum Gasteiger partial charge on any atom is -0.426 e. The molecule has 0 fully saturated rings. The fraction of sp³-hybridized carbons (Fsp3) is 0.350. The molecule has 0 saturated carbocycles. The number of hydrogen-bond acceptors (Lipinski definition) is 4. The van der Waals surface area contributed by atoms with E-state index in [2.05, 4.69) is 10.2 Å². The Morgan fingerprint density at radius 3 is 2.32 bits per heavy atom. The third kappa shape index (κ3) is 7.60. The summed E-state index contributed by atoms with van der Waals surface area (Å²) < 4.78 is 13.0. The van der Waals surface area contributed by atoms with Crippen molar-refractivity contribution in [3.05, 3.63) is 70.5 Å². The Bertz CT molecular complexity index is 744. The SMILES string of the molecule is CCN(CCC(=O)N[C@@H](Cc1ccc(F)cc1)B(O)O)Cc1ccc(Cl)cc1. The summed E-state index contributed by atoms with van der Waals surface area (Å²) in [6.07, 6.45) is 0.431. The summed E-state index contributed by atoms with van der Waals surface area (Å²) in [5.74, 6) is -1.49. The lowest BCUT2D eigenvalue weighted by Gasteiger charge is -2.22. The van der Waals surface area contributed by atoms with E-state index in [9.17, 15) is 19.2 Å². The predicted octanol–water partition coefficient (Wildman–Crippen LogP) is 2.43. The van der Waals surface area contributed by atoms with Crippen LogP contribution in [0.5, 0.6) is 0 Å². The molecule has 2 aromatic carbocycles. The maximum Gasteiger partial charge on any atom is 0.475 e. The van der Waals surface area contributed by atoms with Gasteiger partial charge in [-0.3, -0.25) is 9.69 Å². The van der Waals surface area contributed by atoms with E-state index in [0.717, 1.165) is 12.1 Å². The molecule has 150 valence electrons. The molecule has 2 rings (SSSR count). The summed E-state index contributed by atoms with van der Waals surface area (Å²) in [6.45, 7) is 4.03. The van der Waals surface area contributed by atoms with E-state index in [1.165, 1.54) is 12.1 Å². The second-order valence-corrected chi connectivity index (χ2v) is 7.10. The quantitative estimate of drug-likeness (QED) is 0.530. The molecule has 3 N–H and O–H groups in total. The van der Waals surface area contributed by atoms with Gasteiger partial charge in [0.15, 0.2) is 0 Å². The highest BCUT2D eigenvalue weighted by Crippen LogP contribution is 2.12. The monoisotopic (exact) mass is 406 g/mol. The molecule has 0 spiro atoms. The lowest BCUT2D eigenvalue weighted by molar-refractivity contribution is -0.121. The van der Waals surface area contributed by atoms with Crippen LogP contribution in [0.1, 0.15) is 24.5 Å². The zero-order valence-electron chi connectivity index (χ0n) is 15.8. The molecule has 1 atom stereocenters. The van der Waals surface area contributed by atoms with E-state index < -0.39 is 13.1 Å². The van der Waals surface area contributed by atoms with Crippen LogP contribution in [0.4, 0.5) is 4.39 Å². The Hall–Kier alpha value is -1.93. The molecule has 0 aliphatic rings. The lowest BCUT2D eigenvalue weighted by atomic mass is 9.76. The molecule has 0 saturated heterocycles. The zero-order chi connectivity index (χ0) is 20.5. The first-order chi connectivity index (χ1) is 13.4. The maximum atomic E-state index is 13.0. The standard InChI is InChI=1S/C20H25BClFN2O3/c1-2-25(14-16-3-7-17(22)8-4-16)12-11-20(26)24-19(21(27)28)13-15-5-9-18(23)10-6-15/h3-10,19,27-28H,2,11-14H2,1H3,(H,24,26)/t19-/m0/s1. The Morgan fingerprint density at radius 1 is 1.14 bits per heavy atom. The molecule has 28 heavy (non-hydrogen) atoms. The third-order valence-corrected chi connectivity index (χ3v) is 4.75. The van der Waals surface area contributed by atoms with Gasteiger partial charge >= 0.3 is 7.12 Å². The Morgan fingerprint density at radius 2 is 1.75 bits per heavy atom. The van der Waals surface area contributed by atoms with Crippen molar-refractivity contribution >= 4 is 24.6 Å². The second kappa shape index (κ2) is 11.2. The maximum absolute atomic E-state index is 13.0. The van der Waals surface area contributed by atoms with Crippen molar-refractivity contribution in [1.29, 1.82) is 0 Å². The molecule has 0 aromatic heterocycles. The Kier molecular flexibility index (Phi) is 8.92. The predicted molar refractivity (Wildman–Crippen MR) is 109 cm³/mol. The van der Waals surface area contributed by atoms with Gasteiger partial charge in [-0.15, -0.1) is 0 Å². The largest absolute Gasteiger partial charge is 0.475 e. The summed E-state index contributed by atoms with van der Waals surface area (Å²) in [7, 11) is -1.70. The van der Waals surface area contributed by atoms with Crippen LogP contribution in [0.2, 0.25) is 5.02 Å². The number of carbonyl (C=O) groups is 1. The molecule has 8 heteroatoms. The highest BCUT2D eigenvalue weighted by Gasteiger charge is 2.25. The van der Waals surface area contributed by atoms with Crippen molar-refractivity contribution in [3.63, 3.8) is 0 Å². The molecule has 0 radical (unpaired) electrons. The molecular formula is C20H25BClFN2O3. The van der Waals surface area contributed by atoms with Gasteiger partial charge in [0.2, 0.25) is 5.91 Å². The van der Waals surface area contributed by atoms with E-state index in [1.807, 2.05) is 31.2 Å². The van der Waals surface area contributed by atoms with Gasteiger partial charge in [-0.25, -0.2) is 4.39 Å². The number of halogens is 2. The van der Waals surface area contributed by atoms with Gasteiger partial charge < -0.3 is 15.4 Å². The van der Waals surface area contributed by atoms with Gasteiger partial charge in [0, 0.05) is 24.5 Å². The van der Waals surface area contributed by atoms with Crippen molar-refractivity contribution in [1.82, 2.24) is 10.2 Å². The number of hydrogen-bond donors (Lipinski definition) is 3. The van der Waals surface area contributed by atoms with E-state index in [0.29, 0.717) is 23.7 Å². The fourth-order valence-electron chi connectivity index (χ4n) is 2.84. The van der Waals surface area contributed by atoms with Crippen LogP contribution in [-0.2, 0) is 17.8 Å². The number of nitrogens with one attached hydrogen (secondary N) is 1. The van der Waals surface area contributed by atoms with E-state index in [-0.39, 0.29) is 24.6 Å². The number of rotatable bonds is 10. The first kappa shape index (κ1) is 22.4. The van der Waals surface area contributed by atoms with Crippen molar-refractivity contribution in [3.8, 4) is 0 Å². The molecule has 0 aliphatic carbocycles. The minimum absolute atomic E-state index is 0.200. The molecule has 2 aromatic rings. The van der Waals surface area contributed by atoms with Crippen LogP contribution < -0.4 is 5.32 Å². The van der Waals surface area contributed by atoms with Gasteiger partial charge in [0.1, 0.15) is 5.82 Å². The Balaban J connectivity index is 1.85. The van der Waals surface area contributed by atoms with Gasteiger partial charge in [0.05, 0.1) is 5.94 Å². The number of carbonyl (C=O) groups excluding carboxylic acids is 1. The van der Waals surface area contributed by atoms with Gasteiger partial charge in [-0.05, 0) is 48.4 Å². The topological polar surface area (TPSA) is 72.8 Å². The third-order valence-electron chi connectivity index (χ3n) is 4.50. The number of benzene rings is 2. The van der Waals surface area contributed by atoms with Crippen molar-refractivity contribution in [2.75, 3.05) is 13.1 Å². The lowest BCUT2D eigenvalue weighted by Crippen LogP contribution is -2.48. The van der Waals surface area contributed by atoms with Gasteiger partial charge in [0.25, 0.3) is 0 Å². The second-order valence-electron chi connectivity index (χ2n) is 6.66. The summed E-state index contributed by atoms with van der Waals surface area (Å²) in [5, 5.41) is 22.5.